The van der Waals surface area contributed by atoms with Crippen molar-refractivity contribution in [2.24, 2.45) is 5.92 Å². The fraction of sp³-hybridized carbons (Fsp3) is 0.143. The summed E-state index contributed by atoms with van der Waals surface area (Å²) in [6.07, 6.45) is 0. The van der Waals surface area contributed by atoms with Crippen molar-refractivity contribution in [1.82, 2.24) is 0 Å². The zero-order valence-electron chi connectivity index (χ0n) is 25.0. The first kappa shape index (κ1) is 29.3. The summed E-state index contributed by atoms with van der Waals surface area (Å²) in [5, 5.41) is 26.0. The van der Waals surface area contributed by atoms with Gasteiger partial charge in [-0.1, -0.05) is 189 Å². The van der Waals surface area contributed by atoms with Gasteiger partial charge >= 0.3 is 0 Å². The molecule has 6 aromatic carbocycles. The number of aliphatic hydroxyl groups excluding tert-OH is 1. The predicted octanol–water partition coefficient (Wildman–Crippen LogP) is 8.42. The maximum atomic E-state index is 14.7. The highest BCUT2D eigenvalue weighted by molar-refractivity contribution is 5.64. The van der Waals surface area contributed by atoms with Gasteiger partial charge in [-0.25, -0.2) is 0 Å². The molecule has 1 atom stereocenters. The average molecular weight is 575 g/mol. The summed E-state index contributed by atoms with van der Waals surface area (Å²) in [6, 6.07) is 61.9. The summed E-state index contributed by atoms with van der Waals surface area (Å²) in [7, 11) is 0. The van der Waals surface area contributed by atoms with Gasteiger partial charge in [0.2, 0.25) is 0 Å². The van der Waals surface area contributed by atoms with E-state index in [9.17, 15) is 10.2 Å². The van der Waals surface area contributed by atoms with Gasteiger partial charge in [0, 0.05) is 12.5 Å². The molecule has 0 amide bonds. The molecular formula is C42H38O2. The van der Waals surface area contributed by atoms with Gasteiger partial charge in [-0.3, -0.25) is 0 Å². The molecule has 0 saturated carbocycles. The quantitative estimate of drug-likeness (QED) is 0.161. The smallest absolute Gasteiger partial charge is 0.105 e. The lowest BCUT2D eigenvalue weighted by atomic mass is 9.43. The SMILES string of the molecule is CC(CO)C(O)(C(c1ccccc1)(c1ccccc1)c1ccccc1)C(c1ccccc1)(c1ccccc1)c1ccccc1. The van der Waals surface area contributed by atoms with Crippen LogP contribution >= 0.6 is 0 Å². The van der Waals surface area contributed by atoms with Gasteiger partial charge in [-0.2, -0.15) is 0 Å². The molecule has 218 valence electrons. The highest BCUT2D eigenvalue weighted by Crippen LogP contribution is 2.62. The Morgan fingerprint density at radius 2 is 0.568 bits per heavy atom. The Kier molecular flexibility index (Phi) is 8.30. The van der Waals surface area contributed by atoms with Crippen molar-refractivity contribution in [2.45, 2.75) is 23.4 Å². The molecule has 0 bridgehead atoms. The highest BCUT2D eigenvalue weighted by Gasteiger charge is 2.68. The monoisotopic (exact) mass is 574 g/mol. The van der Waals surface area contributed by atoms with Crippen LogP contribution in [0.4, 0.5) is 0 Å². The molecule has 44 heavy (non-hydrogen) atoms. The molecule has 6 rings (SSSR count). The first-order chi connectivity index (χ1) is 21.6. The molecule has 0 spiro atoms. The third kappa shape index (κ3) is 4.42. The fourth-order valence-electron chi connectivity index (χ4n) is 7.60. The Labute approximate surface area is 260 Å². The van der Waals surface area contributed by atoms with E-state index in [4.69, 9.17) is 0 Å². The molecule has 0 aromatic heterocycles. The van der Waals surface area contributed by atoms with Crippen molar-refractivity contribution in [2.75, 3.05) is 6.61 Å². The first-order valence-electron chi connectivity index (χ1n) is 15.3. The van der Waals surface area contributed by atoms with Crippen molar-refractivity contribution in [3.63, 3.8) is 0 Å². The second-order valence-corrected chi connectivity index (χ2v) is 11.5. The molecule has 0 aliphatic carbocycles. The van der Waals surface area contributed by atoms with Crippen LogP contribution in [0.1, 0.15) is 40.3 Å². The molecular weight excluding hydrogens is 536 g/mol. The van der Waals surface area contributed by atoms with Crippen LogP contribution in [-0.4, -0.2) is 22.4 Å². The van der Waals surface area contributed by atoms with Crippen LogP contribution in [0.2, 0.25) is 0 Å². The molecule has 0 aliphatic rings. The van der Waals surface area contributed by atoms with Crippen LogP contribution in [-0.2, 0) is 10.8 Å². The van der Waals surface area contributed by atoms with Gasteiger partial charge < -0.3 is 10.2 Å². The van der Waals surface area contributed by atoms with Crippen LogP contribution in [0, 0.1) is 5.92 Å². The van der Waals surface area contributed by atoms with Crippen LogP contribution in [0.5, 0.6) is 0 Å². The largest absolute Gasteiger partial charge is 0.396 e. The van der Waals surface area contributed by atoms with Crippen molar-refractivity contribution in [3.8, 4) is 0 Å². The average Bonchev–Trinajstić information content (AvgIpc) is 3.11. The molecule has 0 aliphatic heterocycles. The van der Waals surface area contributed by atoms with E-state index in [0.717, 1.165) is 33.4 Å². The van der Waals surface area contributed by atoms with Crippen LogP contribution in [0.3, 0.4) is 0 Å². The van der Waals surface area contributed by atoms with Gasteiger partial charge in [0.1, 0.15) is 5.60 Å². The molecule has 1 unspecified atom stereocenters. The minimum Gasteiger partial charge on any atom is -0.396 e. The topological polar surface area (TPSA) is 40.5 Å². The molecule has 0 fully saturated rings. The summed E-state index contributed by atoms with van der Waals surface area (Å²) in [5.74, 6) is -0.622. The van der Waals surface area contributed by atoms with E-state index in [1.54, 1.807) is 0 Å². The minimum absolute atomic E-state index is 0.237. The third-order valence-electron chi connectivity index (χ3n) is 9.37. The van der Waals surface area contributed by atoms with E-state index >= 15 is 0 Å². The lowest BCUT2D eigenvalue weighted by Gasteiger charge is -2.61. The second kappa shape index (κ2) is 12.5. The zero-order valence-corrected chi connectivity index (χ0v) is 25.0. The Hall–Kier alpha value is -4.76. The first-order valence-corrected chi connectivity index (χ1v) is 15.3. The van der Waals surface area contributed by atoms with Gasteiger partial charge in [0.25, 0.3) is 0 Å². The lowest BCUT2D eigenvalue weighted by molar-refractivity contribution is -0.108. The van der Waals surface area contributed by atoms with E-state index in [1.165, 1.54) is 0 Å². The minimum atomic E-state index is -1.69. The Morgan fingerprint density at radius 3 is 0.727 bits per heavy atom. The van der Waals surface area contributed by atoms with Gasteiger partial charge in [-0.15, -0.1) is 0 Å². The van der Waals surface area contributed by atoms with Gasteiger partial charge in [0.05, 0.1) is 10.8 Å². The summed E-state index contributed by atoms with van der Waals surface area (Å²) >= 11 is 0. The lowest BCUT2D eigenvalue weighted by Crippen LogP contribution is -2.69. The third-order valence-corrected chi connectivity index (χ3v) is 9.37. The van der Waals surface area contributed by atoms with Crippen molar-refractivity contribution in [1.29, 1.82) is 0 Å². The molecule has 0 saturated heterocycles. The number of aliphatic hydroxyl groups is 2. The molecule has 2 heteroatoms. The van der Waals surface area contributed by atoms with Crippen molar-refractivity contribution in [3.05, 3.63) is 215 Å². The number of hydrogen-bond acceptors (Lipinski definition) is 2. The van der Waals surface area contributed by atoms with Gasteiger partial charge in [0.15, 0.2) is 0 Å². The number of hydrogen-bond donors (Lipinski definition) is 2. The van der Waals surface area contributed by atoms with E-state index < -0.39 is 22.3 Å². The zero-order chi connectivity index (χ0) is 30.5. The standard InChI is InChI=1S/C42H38O2/c1-33(32-43)42(44,40(34-20-8-2-9-21-34,35-22-10-3-11-23-35)36-24-12-4-13-25-36)41(37-26-14-5-15-27-37,38-28-16-6-17-29-38)39-30-18-7-19-31-39/h2-31,33,43-44H,32H2,1H3. The van der Waals surface area contributed by atoms with E-state index in [-0.39, 0.29) is 6.61 Å². The highest BCUT2D eigenvalue weighted by atomic mass is 16.3. The number of benzene rings is 6. The maximum Gasteiger partial charge on any atom is 0.105 e. The Balaban J connectivity index is 1.94. The molecule has 0 heterocycles. The summed E-state index contributed by atoms with van der Waals surface area (Å²) in [6.45, 7) is 1.74. The van der Waals surface area contributed by atoms with Crippen LogP contribution < -0.4 is 0 Å². The van der Waals surface area contributed by atoms with Crippen molar-refractivity contribution >= 4 is 0 Å². The summed E-state index contributed by atoms with van der Waals surface area (Å²) < 4.78 is 0. The molecule has 6 aromatic rings. The summed E-state index contributed by atoms with van der Waals surface area (Å²) in [4.78, 5) is 0. The normalized spacial score (nSPS) is 12.9. The van der Waals surface area contributed by atoms with Crippen LogP contribution in [0.25, 0.3) is 0 Å². The number of rotatable bonds is 10. The van der Waals surface area contributed by atoms with E-state index in [2.05, 4.69) is 72.8 Å². The fourth-order valence-corrected chi connectivity index (χ4v) is 7.60. The Bertz CT molecular complexity index is 1420. The predicted molar refractivity (Wildman–Crippen MR) is 180 cm³/mol. The molecule has 2 N–H and O–H groups in total. The maximum absolute atomic E-state index is 14.7. The molecule has 2 nitrogen and oxygen atoms in total. The van der Waals surface area contributed by atoms with Crippen LogP contribution in [0.15, 0.2) is 182 Å². The van der Waals surface area contributed by atoms with Crippen molar-refractivity contribution < 1.29 is 10.2 Å². The second-order valence-electron chi connectivity index (χ2n) is 11.5. The molecule has 0 radical (unpaired) electrons. The Morgan fingerprint density at radius 1 is 0.386 bits per heavy atom. The van der Waals surface area contributed by atoms with E-state index in [0.29, 0.717) is 0 Å². The summed E-state index contributed by atoms with van der Waals surface area (Å²) in [5.41, 5.74) is 1.63. The van der Waals surface area contributed by atoms with E-state index in [1.807, 2.05) is 116 Å². The van der Waals surface area contributed by atoms with Gasteiger partial charge in [-0.05, 0) is 33.4 Å².